The minimum absolute atomic E-state index is 0.730. The quantitative estimate of drug-likeness (QED) is 0.168. The molecule has 0 aliphatic carbocycles. The molecular formula is C36H26ClNSi. The predicted octanol–water partition coefficient (Wildman–Crippen LogP) is 6.81. The molecule has 0 aliphatic heterocycles. The van der Waals surface area contributed by atoms with Crippen molar-refractivity contribution < 1.29 is 0 Å². The molecular weight excluding hydrogens is 510 g/mol. The number of benzene rings is 6. The van der Waals surface area contributed by atoms with Crippen molar-refractivity contribution >= 4 is 62.2 Å². The second kappa shape index (κ2) is 9.74. The van der Waals surface area contributed by atoms with E-state index < -0.39 is 8.07 Å². The molecule has 0 unspecified atom stereocenters. The van der Waals surface area contributed by atoms with E-state index in [2.05, 4.69) is 150 Å². The van der Waals surface area contributed by atoms with E-state index in [9.17, 15) is 0 Å². The Morgan fingerprint density at radius 1 is 0.462 bits per heavy atom. The first-order valence-corrected chi connectivity index (χ1v) is 15.6. The zero-order chi connectivity index (χ0) is 26.2. The van der Waals surface area contributed by atoms with Crippen molar-refractivity contribution in [2.75, 3.05) is 0 Å². The highest BCUT2D eigenvalue weighted by Crippen LogP contribution is 2.33. The molecule has 6 aromatic carbocycles. The van der Waals surface area contributed by atoms with E-state index in [0.29, 0.717) is 0 Å². The van der Waals surface area contributed by atoms with E-state index in [1.54, 1.807) is 0 Å². The first-order valence-electron chi connectivity index (χ1n) is 13.2. The average molecular weight is 536 g/mol. The summed E-state index contributed by atoms with van der Waals surface area (Å²) >= 11 is 6.58. The minimum atomic E-state index is -2.76. The fourth-order valence-electron chi connectivity index (χ4n) is 6.24. The number of hydrogen-bond acceptors (Lipinski definition) is 0. The van der Waals surface area contributed by atoms with Gasteiger partial charge in [0, 0.05) is 21.5 Å². The lowest BCUT2D eigenvalue weighted by Gasteiger charge is -2.35. The maximum atomic E-state index is 6.58. The van der Waals surface area contributed by atoms with Gasteiger partial charge in [-0.3, -0.25) is 0 Å². The highest BCUT2D eigenvalue weighted by molar-refractivity contribution is 7.20. The van der Waals surface area contributed by atoms with E-state index in [-0.39, 0.29) is 0 Å². The molecule has 7 aromatic rings. The van der Waals surface area contributed by atoms with Crippen LogP contribution in [0.4, 0.5) is 0 Å². The number of rotatable bonds is 5. The lowest BCUT2D eigenvalue weighted by Crippen LogP contribution is -2.75. The Balaban J connectivity index is 1.73. The smallest absolute Gasteiger partial charge is 0.181 e. The van der Waals surface area contributed by atoms with Crippen LogP contribution in [-0.2, 0) is 0 Å². The van der Waals surface area contributed by atoms with Crippen molar-refractivity contribution in [2.24, 2.45) is 0 Å². The summed E-state index contributed by atoms with van der Waals surface area (Å²) in [6.07, 6.45) is 0. The minimum Gasteiger partial charge on any atom is -0.309 e. The van der Waals surface area contributed by atoms with Crippen LogP contribution in [0.25, 0.3) is 27.5 Å². The van der Waals surface area contributed by atoms with Gasteiger partial charge in [-0.15, -0.1) is 0 Å². The number of nitrogens with zero attached hydrogens (tertiary/aromatic N) is 1. The van der Waals surface area contributed by atoms with E-state index in [4.69, 9.17) is 11.6 Å². The molecule has 1 aromatic heterocycles. The summed E-state index contributed by atoms with van der Waals surface area (Å²) in [5.41, 5.74) is 3.49. The number of para-hydroxylation sites is 2. The normalized spacial score (nSPS) is 11.7. The predicted molar refractivity (Wildman–Crippen MR) is 169 cm³/mol. The van der Waals surface area contributed by atoms with Gasteiger partial charge in [-0.2, -0.15) is 0 Å². The monoisotopic (exact) mass is 535 g/mol. The summed E-state index contributed by atoms with van der Waals surface area (Å²) < 4.78 is 2.42. The molecule has 0 saturated heterocycles. The third-order valence-corrected chi connectivity index (χ3v) is 12.8. The Bertz CT molecular complexity index is 1810. The lowest BCUT2D eigenvalue weighted by atomic mass is 10.1. The van der Waals surface area contributed by atoms with Crippen molar-refractivity contribution in [1.29, 1.82) is 0 Å². The molecule has 39 heavy (non-hydrogen) atoms. The van der Waals surface area contributed by atoms with E-state index in [1.165, 1.54) is 42.6 Å². The number of aromatic nitrogens is 1. The summed E-state index contributed by atoms with van der Waals surface area (Å²) in [7, 11) is -2.76. The zero-order valence-electron chi connectivity index (χ0n) is 21.3. The molecule has 7 rings (SSSR count). The lowest BCUT2D eigenvalue weighted by molar-refractivity contribution is 1.18. The topological polar surface area (TPSA) is 4.93 Å². The fourth-order valence-corrected chi connectivity index (χ4v) is 11.4. The molecule has 0 bridgehead atoms. The van der Waals surface area contributed by atoms with Gasteiger partial charge in [0.1, 0.15) is 0 Å². The van der Waals surface area contributed by atoms with Gasteiger partial charge in [0.15, 0.2) is 8.07 Å². The highest BCUT2D eigenvalue weighted by Gasteiger charge is 2.43. The van der Waals surface area contributed by atoms with Crippen molar-refractivity contribution in [3.8, 4) is 5.69 Å². The Morgan fingerprint density at radius 2 is 0.974 bits per heavy atom. The second-order valence-electron chi connectivity index (χ2n) is 9.88. The summed E-state index contributed by atoms with van der Waals surface area (Å²) in [5.74, 6) is 0. The van der Waals surface area contributed by atoms with Gasteiger partial charge >= 0.3 is 0 Å². The van der Waals surface area contributed by atoms with E-state index >= 15 is 0 Å². The average Bonchev–Trinajstić information content (AvgIpc) is 3.34. The van der Waals surface area contributed by atoms with Gasteiger partial charge in [0.2, 0.25) is 0 Å². The molecule has 3 heteroatoms. The van der Waals surface area contributed by atoms with Gasteiger partial charge in [0.25, 0.3) is 0 Å². The van der Waals surface area contributed by atoms with Crippen LogP contribution in [0, 0.1) is 0 Å². The SMILES string of the molecule is Clc1cccc(-n2c3ccccc3c3cccc([Si](c4ccccc4)(c4ccccc4)c4ccccc4)c32)c1. The fraction of sp³-hybridized carbons (Fsp3) is 0. The molecule has 0 saturated carbocycles. The molecule has 0 radical (unpaired) electrons. The van der Waals surface area contributed by atoms with Crippen LogP contribution in [0.3, 0.4) is 0 Å². The molecule has 1 nitrogen and oxygen atoms in total. The largest absolute Gasteiger partial charge is 0.309 e. The first kappa shape index (κ1) is 23.7. The third-order valence-electron chi connectivity index (χ3n) is 7.79. The van der Waals surface area contributed by atoms with Crippen LogP contribution in [-0.4, -0.2) is 12.6 Å². The molecule has 0 spiro atoms. The van der Waals surface area contributed by atoms with Crippen molar-refractivity contribution in [2.45, 2.75) is 0 Å². The standard InChI is InChI=1S/C36H26ClNSi/c37-27-14-12-15-28(26-27)38-34-24-11-10-22-32(34)33-23-13-25-35(36(33)38)39(29-16-4-1-5-17-29,30-18-6-2-7-19-30)31-20-8-3-9-21-31/h1-26H. The van der Waals surface area contributed by atoms with Crippen LogP contribution in [0.2, 0.25) is 5.02 Å². The van der Waals surface area contributed by atoms with Gasteiger partial charge in [-0.05, 0) is 45.0 Å². The van der Waals surface area contributed by atoms with Crippen LogP contribution < -0.4 is 20.7 Å². The van der Waals surface area contributed by atoms with Gasteiger partial charge in [-0.25, -0.2) is 0 Å². The van der Waals surface area contributed by atoms with Crippen molar-refractivity contribution in [3.05, 3.63) is 163 Å². The van der Waals surface area contributed by atoms with Crippen molar-refractivity contribution in [1.82, 2.24) is 4.57 Å². The second-order valence-corrected chi connectivity index (χ2v) is 14.1. The zero-order valence-corrected chi connectivity index (χ0v) is 23.1. The Kier molecular flexibility index (Phi) is 5.92. The van der Waals surface area contributed by atoms with Gasteiger partial charge in [0.05, 0.1) is 11.0 Å². The van der Waals surface area contributed by atoms with Gasteiger partial charge < -0.3 is 4.57 Å². The first-order chi connectivity index (χ1) is 19.3. The molecule has 0 atom stereocenters. The molecule has 186 valence electrons. The van der Waals surface area contributed by atoms with Gasteiger partial charge in [-0.1, -0.05) is 145 Å². The van der Waals surface area contributed by atoms with E-state index in [0.717, 1.165) is 10.7 Å². The molecule has 0 amide bonds. The van der Waals surface area contributed by atoms with Crippen LogP contribution in [0.15, 0.2) is 158 Å². The summed E-state index contributed by atoms with van der Waals surface area (Å²) in [4.78, 5) is 0. The maximum Gasteiger partial charge on any atom is 0.181 e. The third kappa shape index (κ3) is 3.76. The molecule has 0 aliphatic rings. The highest BCUT2D eigenvalue weighted by atomic mass is 35.5. The summed E-state index contributed by atoms with van der Waals surface area (Å²) in [6, 6.07) is 57.1. The Morgan fingerprint density at radius 3 is 1.56 bits per heavy atom. The van der Waals surface area contributed by atoms with E-state index in [1.807, 2.05) is 12.1 Å². The van der Waals surface area contributed by atoms with Crippen LogP contribution in [0.1, 0.15) is 0 Å². The maximum absolute atomic E-state index is 6.58. The summed E-state index contributed by atoms with van der Waals surface area (Å²) in [5, 5.41) is 8.66. The molecule has 0 fully saturated rings. The molecule has 0 N–H and O–H groups in total. The number of fused-ring (bicyclic) bond motifs is 3. The Hall–Kier alpha value is -4.37. The Labute approximate surface area is 234 Å². The number of hydrogen-bond donors (Lipinski definition) is 0. The summed E-state index contributed by atoms with van der Waals surface area (Å²) in [6.45, 7) is 0. The number of halogens is 1. The van der Waals surface area contributed by atoms with Crippen LogP contribution in [0.5, 0.6) is 0 Å². The molecule has 1 heterocycles. The van der Waals surface area contributed by atoms with Crippen molar-refractivity contribution in [3.63, 3.8) is 0 Å². The van der Waals surface area contributed by atoms with Crippen LogP contribution >= 0.6 is 11.6 Å².